The van der Waals surface area contributed by atoms with Gasteiger partial charge in [-0.3, -0.25) is 0 Å². The summed E-state index contributed by atoms with van der Waals surface area (Å²) in [5.41, 5.74) is 0.622. The fourth-order valence-corrected chi connectivity index (χ4v) is 1.32. The van der Waals surface area contributed by atoms with E-state index in [1.165, 1.54) is 6.07 Å². The Labute approximate surface area is 87.9 Å². The summed E-state index contributed by atoms with van der Waals surface area (Å²) < 4.78 is 5.16. The van der Waals surface area contributed by atoms with Gasteiger partial charge in [-0.05, 0) is 31.5 Å². The van der Waals surface area contributed by atoms with Crippen molar-refractivity contribution >= 4 is 11.6 Å². The van der Waals surface area contributed by atoms with Crippen molar-refractivity contribution in [1.82, 2.24) is 0 Å². The molecule has 3 nitrogen and oxygen atoms in total. The lowest BCUT2D eigenvalue weighted by molar-refractivity contribution is 0.198. The first-order valence-electron chi connectivity index (χ1n) is 4.39. The minimum absolute atomic E-state index is 0.0853. The van der Waals surface area contributed by atoms with Gasteiger partial charge in [0.1, 0.15) is 0 Å². The predicted octanol–water partition coefficient (Wildman–Crippen LogP) is 2.50. The maximum absolute atomic E-state index is 9.50. The Balaban J connectivity index is 3.14. The van der Waals surface area contributed by atoms with Crippen molar-refractivity contribution in [2.45, 2.75) is 20.0 Å². The van der Waals surface area contributed by atoms with Gasteiger partial charge < -0.3 is 14.9 Å². The van der Waals surface area contributed by atoms with Crippen LogP contribution in [0.1, 0.15) is 25.5 Å². The number of aliphatic hydroxyl groups excluding tert-OH is 1. The van der Waals surface area contributed by atoms with Crippen LogP contribution in [0.4, 0.5) is 0 Å². The maximum Gasteiger partial charge on any atom is 0.176 e. The number of aromatic hydroxyl groups is 1. The summed E-state index contributed by atoms with van der Waals surface area (Å²) in [6.07, 6.45) is -0.632. The number of hydrogen-bond acceptors (Lipinski definition) is 3. The molecule has 2 N–H and O–H groups in total. The van der Waals surface area contributed by atoms with E-state index in [1.54, 1.807) is 13.0 Å². The van der Waals surface area contributed by atoms with Crippen LogP contribution in [0.15, 0.2) is 12.1 Å². The van der Waals surface area contributed by atoms with E-state index in [-0.39, 0.29) is 10.8 Å². The lowest BCUT2D eigenvalue weighted by Crippen LogP contribution is -1.96. The van der Waals surface area contributed by atoms with Gasteiger partial charge in [0.15, 0.2) is 11.5 Å². The normalized spacial score (nSPS) is 12.6. The highest BCUT2D eigenvalue weighted by Crippen LogP contribution is 2.36. The zero-order valence-electron chi connectivity index (χ0n) is 8.12. The molecule has 4 heteroatoms. The number of hydrogen-bond donors (Lipinski definition) is 2. The van der Waals surface area contributed by atoms with Crippen molar-refractivity contribution in [3.05, 3.63) is 22.7 Å². The molecular weight excluding hydrogens is 204 g/mol. The highest BCUT2D eigenvalue weighted by molar-refractivity contribution is 6.32. The van der Waals surface area contributed by atoms with Gasteiger partial charge in [0.25, 0.3) is 0 Å². The molecule has 78 valence electrons. The molecule has 1 atom stereocenters. The Kier molecular flexibility index (Phi) is 3.61. The Hall–Kier alpha value is -0.930. The van der Waals surface area contributed by atoms with Crippen molar-refractivity contribution in [3.63, 3.8) is 0 Å². The first-order valence-corrected chi connectivity index (χ1v) is 4.77. The summed E-state index contributed by atoms with van der Waals surface area (Å²) in [6, 6.07) is 3.10. The molecule has 14 heavy (non-hydrogen) atoms. The van der Waals surface area contributed by atoms with Crippen molar-refractivity contribution in [1.29, 1.82) is 0 Å². The van der Waals surface area contributed by atoms with E-state index in [0.29, 0.717) is 17.9 Å². The Bertz CT molecular complexity index is 323. The van der Waals surface area contributed by atoms with Crippen molar-refractivity contribution in [3.8, 4) is 11.5 Å². The van der Waals surface area contributed by atoms with Gasteiger partial charge >= 0.3 is 0 Å². The molecule has 0 bridgehead atoms. The van der Waals surface area contributed by atoms with Gasteiger partial charge in [0.05, 0.1) is 17.7 Å². The minimum Gasteiger partial charge on any atom is -0.503 e. The average Bonchev–Trinajstić information content (AvgIpc) is 2.12. The average molecular weight is 217 g/mol. The highest BCUT2D eigenvalue weighted by atomic mass is 35.5. The van der Waals surface area contributed by atoms with Gasteiger partial charge in [-0.15, -0.1) is 0 Å². The van der Waals surface area contributed by atoms with Crippen LogP contribution < -0.4 is 4.74 Å². The molecule has 0 heterocycles. The number of phenolic OH excluding ortho intramolecular Hbond substituents is 1. The van der Waals surface area contributed by atoms with Crippen LogP contribution in [-0.4, -0.2) is 16.8 Å². The standard InChI is InChI=1S/C10H13ClO3/c1-3-14-9-5-7(6(2)12)4-8(11)10(9)13/h4-6,12-13H,3H2,1-2H3. The number of rotatable bonds is 3. The number of phenols is 1. The summed E-state index contributed by atoms with van der Waals surface area (Å²) >= 11 is 5.76. The quantitative estimate of drug-likeness (QED) is 0.816. The lowest BCUT2D eigenvalue weighted by atomic mass is 10.1. The summed E-state index contributed by atoms with van der Waals surface area (Å²) in [7, 11) is 0. The Morgan fingerprint density at radius 1 is 1.50 bits per heavy atom. The fraction of sp³-hybridized carbons (Fsp3) is 0.400. The molecule has 1 rings (SSSR count). The Morgan fingerprint density at radius 2 is 2.14 bits per heavy atom. The first-order chi connectivity index (χ1) is 6.56. The first kappa shape index (κ1) is 11.1. The van der Waals surface area contributed by atoms with Crippen LogP contribution in [0, 0.1) is 0 Å². The second-order valence-corrected chi connectivity index (χ2v) is 3.37. The molecule has 0 aromatic heterocycles. The van der Waals surface area contributed by atoms with Crippen LogP contribution >= 0.6 is 11.6 Å². The van der Waals surface area contributed by atoms with E-state index in [4.69, 9.17) is 16.3 Å². The van der Waals surface area contributed by atoms with Gasteiger partial charge in [-0.1, -0.05) is 11.6 Å². The van der Waals surface area contributed by atoms with Crippen LogP contribution in [0.3, 0.4) is 0 Å². The van der Waals surface area contributed by atoms with Gasteiger partial charge in [-0.2, -0.15) is 0 Å². The number of ether oxygens (including phenoxy) is 1. The SMILES string of the molecule is CCOc1cc(C(C)O)cc(Cl)c1O. The minimum atomic E-state index is -0.632. The van der Waals surface area contributed by atoms with E-state index >= 15 is 0 Å². The van der Waals surface area contributed by atoms with Gasteiger partial charge in [0.2, 0.25) is 0 Å². The molecule has 1 aromatic rings. The number of halogens is 1. The third-order valence-corrected chi connectivity index (χ3v) is 2.12. The van der Waals surface area contributed by atoms with E-state index in [1.807, 2.05) is 6.92 Å². The van der Waals surface area contributed by atoms with E-state index in [0.717, 1.165) is 0 Å². The monoisotopic (exact) mass is 216 g/mol. The summed E-state index contributed by atoms with van der Waals surface area (Å²) in [5.74, 6) is 0.216. The molecule has 0 amide bonds. The summed E-state index contributed by atoms with van der Waals surface area (Å²) in [5, 5.41) is 19.0. The van der Waals surface area contributed by atoms with Gasteiger partial charge in [0, 0.05) is 0 Å². The molecule has 0 saturated carbocycles. The zero-order chi connectivity index (χ0) is 10.7. The molecule has 0 aliphatic heterocycles. The van der Waals surface area contributed by atoms with E-state index < -0.39 is 6.10 Å². The van der Waals surface area contributed by atoms with E-state index in [9.17, 15) is 10.2 Å². The molecule has 0 aliphatic carbocycles. The van der Waals surface area contributed by atoms with E-state index in [2.05, 4.69) is 0 Å². The van der Waals surface area contributed by atoms with Crippen molar-refractivity contribution in [2.24, 2.45) is 0 Å². The fourth-order valence-electron chi connectivity index (χ4n) is 1.10. The number of benzene rings is 1. The third-order valence-electron chi connectivity index (χ3n) is 1.83. The van der Waals surface area contributed by atoms with Crippen LogP contribution in [0.25, 0.3) is 0 Å². The molecule has 0 spiro atoms. The second kappa shape index (κ2) is 4.53. The van der Waals surface area contributed by atoms with Crippen LogP contribution in [-0.2, 0) is 0 Å². The highest BCUT2D eigenvalue weighted by Gasteiger charge is 2.11. The predicted molar refractivity (Wildman–Crippen MR) is 54.9 cm³/mol. The molecule has 0 fully saturated rings. The van der Waals surface area contributed by atoms with Crippen molar-refractivity contribution < 1.29 is 14.9 Å². The van der Waals surface area contributed by atoms with Crippen LogP contribution in [0.2, 0.25) is 5.02 Å². The van der Waals surface area contributed by atoms with Crippen molar-refractivity contribution in [2.75, 3.05) is 6.61 Å². The maximum atomic E-state index is 9.50. The summed E-state index contributed by atoms with van der Waals surface area (Å²) in [4.78, 5) is 0. The summed E-state index contributed by atoms with van der Waals surface area (Å²) in [6.45, 7) is 3.87. The van der Waals surface area contributed by atoms with Crippen LogP contribution in [0.5, 0.6) is 11.5 Å². The smallest absolute Gasteiger partial charge is 0.176 e. The largest absolute Gasteiger partial charge is 0.503 e. The molecule has 1 aromatic carbocycles. The molecule has 1 unspecified atom stereocenters. The zero-order valence-corrected chi connectivity index (χ0v) is 8.88. The number of aliphatic hydroxyl groups is 1. The molecule has 0 saturated heterocycles. The lowest BCUT2D eigenvalue weighted by Gasteiger charge is -2.11. The van der Waals surface area contributed by atoms with Gasteiger partial charge in [-0.25, -0.2) is 0 Å². The molecule has 0 aliphatic rings. The molecular formula is C10H13ClO3. The third kappa shape index (κ3) is 2.30. The molecule has 0 radical (unpaired) electrons. The second-order valence-electron chi connectivity index (χ2n) is 2.96. The topological polar surface area (TPSA) is 49.7 Å². The Morgan fingerprint density at radius 3 is 2.64 bits per heavy atom.